The number of rotatable bonds is 1. The van der Waals surface area contributed by atoms with Crippen molar-refractivity contribution in [3.8, 4) is 0 Å². The smallest absolute Gasteiger partial charge is 0.244 e. The third-order valence-electron chi connectivity index (χ3n) is 2.26. The molecule has 2 fully saturated rings. The van der Waals surface area contributed by atoms with Gasteiger partial charge in [0, 0.05) is 0 Å². The number of β-lactam (4-membered cyclic amide) rings is 1. The zero-order chi connectivity index (χ0) is 8.72. The second-order valence-electron chi connectivity index (χ2n) is 2.95. The van der Waals surface area contributed by atoms with Crippen LogP contribution in [-0.2, 0) is 4.79 Å². The average Bonchev–Trinajstić information content (AvgIpc) is 2.57. The van der Waals surface area contributed by atoms with Gasteiger partial charge in [0.05, 0.1) is 6.04 Å². The molecule has 2 heterocycles. The van der Waals surface area contributed by atoms with Gasteiger partial charge in [-0.15, -0.1) is 0 Å². The van der Waals surface area contributed by atoms with Crippen LogP contribution in [0.3, 0.4) is 0 Å². The summed E-state index contributed by atoms with van der Waals surface area (Å²) >= 11 is 0. The highest BCUT2D eigenvalue weighted by Gasteiger charge is 2.46. The Balaban J connectivity index is 2.00. The van der Waals surface area contributed by atoms with E-state index in [0.29, 0.717) is 0 Å². The highest BCUT2D eigenvalue weighted by atomic mass is 16.2. The zero-order valence-electron chi connectivity index (χ0n) is 6.66. The molecule has 0 bridgehead atoms. The summed E-state index contributed by atoms with van der Waals surface area (Å²) < 4.78 is 0. The molecule has 2 unspecified atom stereocenters. The van der Waals surface area contributed by atoms with Crippen molar-refractivity contribution >= 4 is 5.91 Å². The van der Waals surface area contributed by atoms with Crippen LogP contribution in [0.15, 0.2) is 0 Å². The van der Waals surface area contributed by atoms with E-state index in [1.165, 1.54) is 0 Å². The lowest BCUT2D eigenvalue weighted by Crippen LogP contribution is -2.73. The van der Waals surface area contributed by atoms with Crippen LogP contribution >= 0.6 is 0 Å². The van der Waals surface area contributed by atoms with Crippen molar-refractivity contribution in [3.05, 3.63) is 0 Å². The number of nitrogens with two attached hydrogens (primary N) is 1. The van der Waals surface area contributed by atoms with Crippen LogP contribution in [0.1, 0.15) is 6.92 Å². The maximum atomic E-state index is 11.2. The van der Waals surface area contributed by atoms with Gasteiger partial charge in [0.2, 0.25) is 5.91 Å². The lowest BCUT2D eigenvalue weighted by molar-refractivity contribution is -0.154. The van der Waals surface area contributed by atoms with Crippen molar-refractivity contribution < 1.29 is 4.79 Å². The Labute approximate surface area is 69.6 Å². The van der Waals surface area contributed by atoms with Gasteiger partial charge in [0.25, 0.3) is 0 Å². The van der Waals surface area contributed by atoms with Crippen molar-refractivity contribution in [2.45, 2.75) is 25.3 Å². The molecule has 7 heteroatoms. The number of likely N-dealkylation sites (tertiary alicyclic amines) is 1. The summed E-state index contributed by atoms with van der Waals surface area (Å²) in [5, 5.41) is 0. The molecule has 2 aliphatic rings. The summed E-state index contributed by atoms with van der Waals surface area (Å²) in [6.45, 7) is 1.91. The van der Waals surface area contributed by atoms with Gasteiger partial charge in [-0.2, -0.15) is 11.1 Å². The molecule has 68 valence electrons. The van der Waals surface area contributed by atoms with E-state index in [1.807, 2.05) is 6.92 Å². The molecular formula is C5H12N6O. The lowest BCUT2D eigenvalue weighted by Gasteiger charge is -2.45. The summed E-state index contributed by atoms with van der Waals surface area (Å²) in [5.41, 5.74) is 16.4. The maximum absolute atomic E-state index is 11.2. The first-order valence-corrected chi connectivity index (χ1v) is 3.80. The number of hydrogen-bond acceptors (Lipinski definition) is 6. The van der Waals surface area contributed by atoms with Crippen molar-refractivity contribution in [1.29, 1.82) is 0 Å². The van der Waals surface area contributed by atoms with Crippen molar-refractivity contribution in [3.63, 3.8) is 0 Å². The molecule has 0 aromatic heterocycles. The number of carbonyl (C=O) groups excluding carboxylic acids is 1. The predicted molar refractivity (Wildman–Crippen MR) is 40.6 cm³/mol. The fourth-order valence-electron chi connectivity index (χ4n) is 1.42. The van der Waals surface area contributed by atoms with Crippen LogP contribution in [0.4, 0.5) is 0 Å². The molecule has 0 radical (unpaired) electrons. The van der Waals surface area contributed by atoms with E-state index in [0.717, 1.165) is 0 Å². The first-order valence-electron chi connectivity index (χ1n) is 3.80. The molecule has 2 atom stereocenters. The van der Waals surface area contributed by atoms with E-state index < -0.39 is 0 Å². The molecule has 7 nitrogen and oxygen atoms in total. The Bertz CT molecular complexity index is 202. The van der Waals surface area contributed by atoms with E-state index in [-0.39, 0.29) is 24.3 Å². The Hall–Kier alpha value is -0.730. The number of hydrogen-bond donors (Lipinski definition) is 5. The largest absolute Gasteiger partial charge is 0.318 e. The monoisotopic (exact) mass is 172 g/mol. The van der Waals surface area contributed by atoms with Gasteiger partial charge >= 0.3 is 0 Å². The van der Waals surface area contributed by atoms with E-state index >= 15 is 0 Å². The first-order chi connectivity index (χ1) is 5.72. The number of amides is 1. The summed E-state index contributed by atoms with van der Waals surface area (Å²) in [7, 11) is 0. The van der Waals surface area contributed by atoms with Crippen molar-refractivity contribution in [1.82, 2.24) is 26.8 Å². The van der Waals surface area contributed by atoms with E-state index in [9.17, 15) is 4.79 Å². The standard InChI is InChI=1S/C5H12N6O/c1-2-3(6)4(12)11(2)5-7-9-10-8-5/h2-3,5,7-10H,6H2,1H3. The average molecular weight is 172 g/mol. The molecule has 1 amide bonds. The SMILES string of the molecule is CC1C(N)C(=O)N1C1NNNN1. The van der Waals surface area contributed by atoms with Crippen LogP contribution in [0.5, 0.6) is 0 Å². The lowest BCUT2D eigenvalue weighted by atomic mass is 9.98. The van der Waals surface area contributed by atoms with Gasteiger partial charge in [-0.3, -0.25) is 4.79 Å². The Kier molecular flexibility index (Phi) is 1.74. The number of carbonyl (C=O) groups is 1. The normalized spacial score (nSPS) is 37.2. The summed E-state index contributed by atoms with van der Waals surface area (Å²) in [4.78, 5) is 12.9. The minimum absolute atomic E-state index is 0.0435. The topological polar surface area (TPSA) is 94.5 Å². The molecular weight excluding hydrogens is 160 g/mol. The molecule has 2 aliphatic heterocycles. The predicted octanol–water partition coefficient (Wildman–Crippen LogP) is -3.05. The maximum Gasteiger partial charge on any atom is 0.244 e. The van der Waals surface area contributed by atoms with Crippen LogP contribution in [0.2, 0.25) is 0 Å². The third kappa shape index (κ3) is 0.919. The second-order valence-corrected chi connectivity index (χ2v) is 2.95. The Morgan fingerprint density at radius 3 is 2.50 bits per heavy atom. The molecule has 2 rings (SSSR count). The molecule has 0 aromatic rings. The Morgan fingerprint density at radius 1 is 1.42 bits per heavy atom. The second kappa shape index (κ2) is 2.64. The highest BCUT2D eigenvalue weighted by molar-refractivity contribution is 5.89. The van der Waals surface area contributed by atoms with Gasteiger partial charge in [0.1, 0.15) is 6.04 Å². The third-order valence-corrected chi connectivity index (χ3v) is 2.26. The van der Waals surface area contributed by atoms with E-state index in [1.54, 1.807) is 4.90 Å². The number of nitrogens with one attached hydrogen (secondary N) is 4. The van der Waals surface area contributed by atoms with Crippen LogP contribution in [0.25, 0.3) is 0 Å². The molecule has 0 spiro atoms. The fraction of sp³-hybridized carbons (Fsp3) is 0.800. The van der Waals surface area contributed by atoms with Gasteiger partial charge in [-0.25, -0.2) is 10.9 Å². The minimum Gasteiger partial charge on any atom is -0.318 e. The summed E-state index contributed by atoms with van der Waals surface area (Å²) in [5.74, 6) is -0.0435. The van der Waals surface area contributed by atoms with Gasteiger partial charge in [-0.05, 0) is 6.92 Å². The Morgan fingerprint density at radius 2 is 2.00 bits per heavy atom. The van der Waals surface area contributed by atoms with Crippen LogP contribution in [0, 0.1) is 0 Å². The summed E-state index contributed by atoms with van der Waals surface area (Å²) in [6.07, 6.45) is -0.215. The number of nitrogens with zero attached hydrogens (tertiary/aromatic N) is 1. The van der Waals surface area contributed by atoms with Crippen LogP contribution < -0.4 is 27.7 Å². The van der Waals surface area contributed by atoms with Gasteiger partial charge < -0.3 is 10.6 Å². The van der Waals surface area contributed by atoms with Crippen molar-refractivity contribution in [2.75, 3.05) is 0 Å². The summed E-state index contributed by atoms with van der Waals surface area (Å²) in [6, 6.07) is -0.279. The highest BCUT2D eigenvalue weighted by Crippen LogP contribution is 2.18. The van der Waals surface area contributed by atoms with E-state index in [2.05, 4.69) is 21.9 Å². The molecule has 0 aromatic carbocycles. The van der Waals surface area contributed by atoms with Gasteiger partial charge in [-0.1, -0.05) is 0 Å². The zero-order valence-corrected chi connectivity index (χ0v) is 6.66. The molecule has 0 aliphatic carbocycles. The molecule has 12 heavy (non-hydrogen) atoms. The molecule has 6 N–H and O–H groups in total. The quantitative estimate of drug-likeness (QED) is 0.270. The minimum atomic E-state index is -0.353. The van der Waals surface area contributed by atoms with E-state index in [4.69, 9.17) is 5.73 Å². The molecule has 0 saturated carbocycles. The first kappa shape index (κ1) is 7.90. The fourth-order valence-corrected chi connectivity index (χ4v) is 1.42. The van der Waals surface area contributed by atoms with Crippen molar-refractivity contribution in [2.24, 2.45) is 5.73 Å². The van der Waals surface area contributed by atoms with Gasteiger partial charge in [0.15, 0.2) is 6.29 Å². The van der Waals surface area contributed by atoms with Crippen LogP contribution in [-0.4, -0.2) is 29.2 Å². The molecule has 2 saturated heterocycles. The number of hydrazine groups is 3.